The van der Waals surface area contributed by atoms with Crippen molar-refractivity contribution in [3.05, 3.63) is 60.6 Å². The van der Waals surface area contributed by atoms with Crippen LogP contribution in [0, 0.1) is 12.7 Å². The van der Waals surface area contributed by atoms with Crippen molar-refractivity contribution in [2.45, 2.75) is 20.3 Å². The third kappa shape index (κ3) is 2.55. The zero-order valence-corrected chi connectivity index (χ0v) is 12.5. The number of hydrogen-bond donors (Lipinski definition) is 2. The van der Waals surface area contributed by atoms with Crippen molar-refractivity contribution in [2.24, 2.45) is 0 Å². The summed E-state index contributed by atoms with van der Waals surface area (Å²) in [6, 6.07) is 1.62. The highest BCUT2D eigenvalue weighted by atomic mass is 35.5. The third-order valence-corrected chi connectivity index (χ3v) is 3.61. The fourth-order valence-corrected chi connectivity index (χ4v) is 2.34. The molecule has 22 heavy (non-hydrogen) atoms. The van der Waals surface area contributed by atoms with Crippen molar-refractivity contribution < 1.29 is 14.3 Å². The van der Waals surface area contributed by atoms with E-state index in [4.69, 9.17) is 16.7 Å². The molecule has 6 nitrogen and oxygen atoms in total. The van der Waals surface area contributed by atoms with E-state index >= 15 is 0 Å². The van der Waals surface area contributed by atoms with Gasteiger partial charge in [-0.25, -0.2) is 18.5 Å². The van der Waals surface area contributed by atoms with Crippen LogP contribution in [0.2, 0.25) is 5.02 Å². The molecule has 0 aliphatic heterocycles. The second kappa shape index (κ2) is 5.76. The minimum atomic E-state index is -1.39. The van der Waals surface area contributed by atoms with E-state index in [0.717, 1.165) is 12.1 Å². The molecule has 2 N–H and O–H groups in total. The number of nitrogens with zero attached hydrogens (tertiary/aromatic N) is 1. The molecular formula is C14H12ClFN2O4. The van der Waals surface area contributed by atoms with Gasteiger partial charge in [0.1, 0.15) is 5.82 Å². The van der Waals surface area contributed by atoms with Gasteiger partial charge in [0.2, 0.25) is 0 Å². The first-order chi connectivity index (χ1) is 10.3. The maximum atomic E-state index is 14.1. The van der Waals surface area contributed by atoms with Crippen LogP contribution in [-0.4, -0.2) is 20.6 Å². The summed E-state index contributed by atoms with van der Waals surface area (Å²) in [5, 5.41) is 8.70. The summed E-state index contributed by atoms with van der Waals surface area (Å²) in [6.07, 6.45) is 0.431. The molecule has 0 saturated carbocycles. The van der Waals surface area contributed by atoms with Crippen LogP contribution in [0.5, 0.6) is 0 Å². The zero-order chi connectivity index (χ0) is 16.6. The van der Waals surface area contributed by atoms with Gasteiger partial charge in [-0.05, 0) is 25.5 Å². The Morgan fingerprint density at radius 1 is 1.41 bits per heavy atom. The fraction of sp³-hybridized carbons (Fsp3) is 0.214. The maximum absolute atomic E-state index is 14.1. The number of aromatic nitrogens is 2. The topological polar surface area (TPSA) is 92.2 Å². The molecule has 0 saturated heterocycles. The SMILES string of the molecule is CCc1[nH]c(=O)n(-c2cc(C(=O)O)c(Cl)cc2F)c(=O)c1C. The van der Waals surface area contributed by atoms with Crippen molar-refractivity contribution in [1.29, 1.82) is 0 Å². The van der Waals surface area contributed by atoms with Crippen molar-refractivity contribution in [2.75, 3.05) is 0 Å². The Balaban J connectivity index is 2.86. The Hall–Kier alpha value is -2.41. The lowest BCUT2D eigenvalue weighted by Gasteiger charge is -2.11. The standard InChI is InChI=1S/C14H12ClFN2O4/c1-3-10-6(2)12(19)18(14(22)17-10)11-4-7(13(20)21)8(15)5-9(11)16/h4-5H,3H2,1-2H3,(H,17,22)(H,20,21). The lowest BCUT2D eigenvalue weighted by molar-refractivity contribution is 0.0697. The molecule has 116 valence electrons. The molecule has 0 amide bonds. The highest BCUT2D eigenvalue weighted by Crippen LogP contribution is 2.22. The first kappa shape index (κ1) is 16.0. The molecule has 0 spiro atoms. The van der Waals surface area contributed by atoms with E-state index in [9.17, 15) is 18.8 Å². The Morgan fingerprint density at radius 3 is 2.59 bits per heavy atom. The summed E-state index contributed by atoms with van der Waals surface area (Å²) in [6.45, 7) is 3.26. The first-order valence-corrected chi connectivity index (χ1v) is 6.73. The van der Waals surface area contributed by atoms with E-state index in [1.807, 2.05) is 0 Å². The Morgan fingerprint density at radius 2 is 2.05 bits per heavy atom. The fourth-order valence-electron chi connectivity index (χ4n) is 2.11. The number of hydrogen-bond acceptors (Lipinski definition) is 3. The van der Waals surface area contributed by atoms with Crippen LogP contribution < -0.4 is 11.2 Å². The highest BCUT2D eigenvalue weighted by Gasteiger charge is 2.19. The van der Waals surface area contributed by atoms with E-state index in [1.54, 1.807) is 6.92 Å². The van der Waals surface area contributed by atoms with Gasteiger partial charge in [-0.3, -0.25) is 4.79 Å². The molecular weight excluding hydrogens is 315 g/mol. The van der Waals surface area contributed by atoms with Gasteiger partial charge >= 0.3 is 11.7 Å². The largest absolute Gasteiger partial charge is 0.478 e. The molecule has 1 heterocycles. The number of halogens is 2. The summed E-state index contributed by atoms with van der Waals surface area (Å²) in [5.41, 5.74) is -1.71. The third-order valence-electron chi connectivity index (χ3n) is 3.30. The van der Waals surface area contributed by atoms with Gasteiger partial charge in [0.05, 0.1) is 16.3 Å². The molecule has 0 unspecified atom stereocenters. The average Bonchev–Trinajstić information content (AvgIpc) is 2.44. The monoisotopic (exact) mass is 326 g/mol. The molecule has 0 radical (unpaired) electrons. The number of carbonyl (C=O) groups is 1. The summed E-state index contributed by atoms with van der Waals surface area (Å²) in [4.78, 5) is 37.9. The molecule has 0 aliphatic rings. The van der Waals surface area contributed by atoms with E-state index in [0.29, 0.717) is 16.7 Å². The highest BCUT2D eigenvalue weighted by molar-refractivity contribution is 6.33. The minimum Gasteiger partial charge on any atom is -0.478 e. The summed E-state index contributed by atoms with van der Waals surface area (Å²) in [7, 11) is 0. The van der Waals surface area contributed by atoms with Crippen LogP contribution in [0.3, 0.4) is 0 Å². The number of aryl methyl sites for hydroxylation is 1. The molecule has 2 rings (SSSR count). The molecule has 8 heteroatoms. The van der Waals surface area contributed by atoms with E-state index in [-0.39, 0.29) is 10.6 Å². The smallest absolute Gasteiger partial charge is 0.337 e. The van der Waals surface area contributed by atoms with E-state index < -0.39 is 34.3 Å². The zero-order valence-electron chi connectivity index (χ0n) is 11.7. The molecule has 1 aromatic heterocycles. The molecule has 0 fully saturated rings. The van der Waals surface area contributed by atoms with Crippen molar-refractivity contribution >= 4 is 17.6 Å². The van der Waals surface area contributed by atoms with Gasteiger partial charge in [-0.1, -0.05) is 18.5 Å². The second-order valence-electron chi connectivity index (χ2n) is 4.62. The predicted octanol–water partition coefficient (Wildman–Crippen LogP) is 1.89. The first-order valence-electron chi connectivity index (χ1n) is 6.35. The second-order valence-corrected chi connectivity index (χ2v) is 5.02. The van der Waals surface area contributed by atoms with Gasteiger partial charge in [-0.15, -0.1) is 0 Å². The Labute approximate surface area is 128 Å². The van der Waals surface area contributed by atoms with Gasteiger partial charge in [0, 0.05) is 11.3 Å². The Bertz CT molecular complexity index is 886. The van der Waals surface area contributed by atoms with Crippen molar-refractivity contribution in [3.8, 4) is 5.69 Å². The van der Waals surface area contributed by atoms with Crippen LogP contribution in [0.1, 0.15) is 28.5 Å². The van der Waals surface area contributed by atoms with Crippen LogP contribution in [-0.2, 0) is 6.42 Å². The van der Waals surface area contributed by atoms with Crippen LogP contribution in [0.15, 0.2) is 21.7 Å². The van der Waals surface area contributed by atoms with E-state index in [2.05, 4.69) is 4.98 Å². The molecule has 0 bridgehead atoms. The lowest BCUT2D eigenvalue weighted by atomic mass is 10.1. The number of carboxylic acid groups (broad SMARTS) is 1. The van der Waals surface area contributed by atoms with Gasteiger partial charge in [0.25, 0.3) is 5.56 Å². The van der Waals surface area contributed by atoms with Gasteiger partial charge in [0.15, 0.2) is 0 Å². The number of aromatic carboxylic acids is 1. The van der Waals surface area contributed by atoms with Crippen molar-refractivity contribution in [3.63, 3.8) is 0 Å². The van der Waals surface area contributed by atoms with Gasteiger partial charge < -0.3 is 10.1 Å². The molecule has 0 atom stereocenters. The average molecular weight is 327 g/mol. The number of rotatable bonds is 3. The summed E-state index contributed by atoms with van der Waals surface area (Å²) >= 11 is 5.65. The summed E-state index contributed by atoms with van der Waals surface area (Å²) < 4.78 is 14.6. The molecule has 0 aliphatic carbocycles. The normalized spacial score (nSPS) is 10.7. The lowest BCUT2D eigenvalue weighted by Crippen LogP contribution is -2.37. The van der Waals surface area contributed by atoms with Crippen molar-refractivity contribution in [1.82, 2.24) is 9.55 Å². The number of nitrogens with one attached hydrogen (secondary N) is 1. The predicted molar refractivity (Wildman–Crippen MR) is 78.7 cm³/mol. The van der Waals surface area contributed by atoms with Gasteiger partial charge in [-0.2, -0.15) is 0 Å². The molecule has 2 aromatic rings. The number of H-pyrrole nitrogens is 1. The summed E-state index contributed by atoms with van der Waals surface area (Å²) in [5.74, 6) is -2.36. The quantitative estimate of drug-likeness (QED) is 0.901. The maximum Gasteiger partial charge on any atom is 0.337 e. The molecule has 1 aromatic carbocycles. The number of aromatic amines is 1. The van der Waals surface area contributed by atoms with Crippen LogP contribution in [0.25, 0.3) is 5.69 Å². The number of benzene rings is 1. The van der Waals surface area contributed by atoms with E-state index in [1.165, 1.54) is 6.92 Å². The van der Waals surface area contributed by atoms with Crippen LogP contribution in [0.4, 0.5) is 4.39 Å². The Kier molecular flexibility index (Phi) is 4.18. The number of carboxylic acids is 1. The van der Waals surface area contributed by atoms with Crippen LogP contribution >= 0.6 is 11.6 Å². The minimum absolute atomic E-state index is 0.258.